The molecule has 1 fully saturated rings. The van der Waals surface area contributed by atoms with Crippen LogP contribution in [0.5, 0.6) is 0 Å². The molecule has 0 bridgehead atoms. The van der Waals surface area contributed by atoms with Gasteiger partial charge < -0.3 is 14.4 Å². The molecule has 0 saturated carbocycles. The van der Waals surface area contributed by atoms with Crippen LogP contribution in [0, 0.1) is 11.6 Å². The van der Waals surface area contributed by atoms with E-state index in [-0.39, 0.29) is 31.9 Å². The highest BCUT2D eigenvalue weighted by Gasteiger charge is 2.20. The number of ether oxygens (including phenoxy) is 2. The molecule has 0 aromatic heterocycles. The van der Waals surface area contributed by atoms with Crippen LogP contribution in [0.2, 0.25) is 0 Å². The number of benzene rings is 1. The second-order valence-electron chi connectivity index (χ2n) is 5.73. The van der Waals surface area contributed by atoms with E-state index >= 15 is 0 Å². The summed E-state index contributed by atoms with van der Waals surface area (Å²) in [4.78, 5) is 24.3. The second kappa shape index (κ2) is 9.72. The topological polar surface area (TPSA) is 102 Å². The van der Waals surface area contributed by atoms with E-state index in [9.17, 15) is 26.8 Å². The first kappa shape index (κ1) is 21.2. The molecule has 1 N–H and O–H groups in total. The molecule has 0 aliphatic carbocycles. The van der Waals surface area contributed by atoms with Gasteiger partial charge in [-0.15, -0.1) is 0 Å². The van der Waals surface area contributed by atoms with Crippen LogP contribution in [0.3, 0.4) is 0 Å². The first-order valence-electron chi connectivity index (χ1n) is 8.25. The van der Waals surface area contributed by atoms with Crippen molar-refractivity contribution in [2.24, 2.45) is 0 Å². The van der Waals surface area contributed by atoms with Crippen LogP contribution in [0.4, 0.5) is 8.78 Å². The van der Waals surface area contributed by atoms with Crippen LogP contribution >= 0.6 is 0 Å². The van der Waals surface area contributed by atoms with E-state index in [0.717, 1.165) is 12.1 Å². The third-order valence-corrected chi connectivity index (χ3v) is 5.25. The summed E-state index contributed by atoms with van der Waals surface area (Å²) in [7, 11) is -4.16. The van der Waals surface area contributed by atoms with Gasteiger partial charge in [0, 0.05) is 32.1 Å². The third kappa shape index (κ3) is 6.52. The minimum Gasteiger partial charge on any atom is -0.456 e. The van der Waals surface area contributed by atoms with Gasteiger partial charge in [-0.25, -0.2) is 21.9 Å². The lowest BCUT2D eigenvalue weighted by Crippen LogP contribution is -2.42. The zero-order valence-corrected chi connectivity index (χ0v) is 15.3. The number of amides is 1. The zero-order valence-electron chi connectivity index (χ0n) is 14.4. The molecule has 8 nitrogen and oxygen atoms in total. The quantitative estimate of drug-likeness (QED) is 0.496. The zero-order chi connectivity index (χ0) is 19.9. The summed E-state index contributed by atoms with van der Waals surface area (Å²) in [6, 6.07) is 2.12. The van der Waals surface area contributed by atoms with Crippen molar-refractivity contribution in [2.75, 3.05) is 39.5 Å². The molecule has 1 aromatic rings. The third-order valence-electron chi connectivity index (χ3n) is 3.75. The fourth-order valence-electron chi connectivity index (χ4n) is 2.33. The molecule has 1 saturated heterocycles. The van der Waals surface area contributed by atoms with E-state index in [1.165, 1.54) is 4.90 Å². The molecule has 1 aromatic carbocycles. The number of esters is 1. The van der Waals surface area contributed by atoms with E-state index in [4.69, 9.17) is 9.47 Å². The Bertz CT molecular complexity index is 781. The molecule has 2 rings (SSSR count). The lowest BCUT2D eigenvalue weighted by Gasteiger charge is -2.26. The normalized spacial score (nSPS) is 14.8. The van der Waals surface area contributed by atoms with Gasteiger partial charge in [-0.05, 0) is 18.6 Å². The SMILES string of the molecule is O=C(CCCNS(=O)(=O)c1ccc(F)cc1F)OCC(=O)N1CCOCC1. The molecule has 11 heteroatoms. The lowest BCUT2D eigenvalue weighted by atomic mass is 10.3. The number of hydrogen-bond acceptors (Lipinski definition) is 6. The molecule has 1 aliphatic heterocycles. The van der Waals surface area contributed by atoms with Crippen molar-refractivity contribution < 1.29 is 36.3 Å². The van der Waals surface area contributed by atoms with E-state index in [1.54, 1.807) is 0 Å². The minimum absolute atomic E-state index is 0.0899. The second-order valence-corrected chi connectivity index (χ2v) is 7.47. The van der Waals surface area contributed by atoms with Crippen molar-refractivity contribution in [2.45, 2.75) is 17.7 Å². The fraction of sp³-hybridized carbons (Fsp3) is 0.500. The van der Waals surface area contributed by atoms with E-state index < -0.39 is 32.5 Å². The van der Waals surface area contributed by atoms with Gasteiger partial charge >= 0.3 is 5.97 Å². The number of carbonyl (C=O) groups excluding carboxylic acids is 2. The standard InChI is InChI=1S/C16H20F2N2O6S/c17-12-3-4-14(13(18)10-12)27(23,24)19-5-1-2-16(22)26-11-15(21)20-6-8-25-9-7-20/h3-4,10,19H,1-2,5-9,11H2. The smallest absolute Gasteiger partial charge is 0.306 e. The Balaban J connectivity index is 1.69. The van der Waals surface area contributed by atoms with E-state index in [2.05, 4.69) is 4.72 Å². The largest absolute Gasteiger partial charge is 0.456 e. The van der Waals surface area contributed by atoms with Crippen LogP contribution in [-0.2, 0) is 29.1 Å². The summed E-state index contributed by atoms with van der Waals surface area (Å²) in [5, 5.41) is 0. The first-order chi connectivity index (χ1) is 12.8. The highest BCUT2D eigenvalue weighted by atomic mass is 32.2. The Morgan fingerprint density at radius 1 is 1.22 bits per heavy atom. The average molecular weight is 406 g/mol. The van der Waals surface area contributed by atoms with Gasteiger partial charge in [0.2, 0.25) is 10.0 Å². The summed E-state index contributed by atoms with van der Waals surface area (Å²) >= 11 is 0. The van der Waals surface area contributed by atoms with Crippen LogP contribution in [0.1, 0.15) is 12.8 Å². The van der Waals surface area contributed by atoms with Crippen LogP contribution in [-0.4, -0.2) is 64.6 Å². The number of rotatable bonds is 8. The average Bonchev–Trinajstić information content (AvgIpc) is 2.63. The van der Waals surface area contributed by atoms with Gasteiger partial charge in [-0.3, -0.25) is 9.59 Å². The molecule has 0 radical (unpaired) electrons. The predicted molar refractivity (Wildman–Crippen MR) is 89.1 cm³/mol. The van der Waals surface area contributed by atoms with Crippen molar-refractivity contribution in [1.29, 1.82) is 0 Å². The number of nitrogens with one attached hydrogen (secondary N) is 1. The molecule has 27 heavy (non-hydrogen) atoms. The highest BCUT2D eigenvalue weighted by molar-refractivity contribution is 7.89. The maximum absolute atomic E-state index is 13.5. The Morgan fingerprint density at radius 3 is 2.59 bits per heavy atom. The van der Waals surface area contributed by atoms with Gasteiger partial charge in [0.05, 0.1) is 13.2 Å². The Labute approximate surface area is 155 Å². The van der Waals surface area contributed by atoms with Gasteiger partial charge in [-0.1, -0.05) is 0 Å². The van der Waals surface area contributed by atoms with Crippen molar-refractivity contribution in [3.63, 3.8) is 0 Å². The van der Waals surface area contributed by atoms with E-state index in [0.29, 0.717) is 32.4 Å². The number of sulfonamides is 1. The fourth-order valence-corrected chi connectivity index (χ4v) is 3.46. The lowest BCUT2D eigenvalue weighted by molar-refractivity contribution is -0.153. The number of carbonyl (C=O) groups is 2. The summed E-state index contributed by atoms with van der Waals surface area (Å²) < 4.78 is 62.4. The van der Waals surface area contributed by atoms with Gasteiger partial charge in [0.1, 0.15) is 16.5 Å². The molecular weight excluding hydrogens is 386 g/mol. The van der Waals surface area contributed by atoms with Crippen molar-refractivity contribution in [3.05, 3.63) is 29.8 Å². The van der Waals surface area contributed by atoms with Crippen molar-refractivity contribution in [1.82, 2.24) is 9.62 Å². The molecule has 1 aliphatic rings. The van der Waals surface area contributed by atoms with Gasteiger partial charge in [-0.2, -0.15) is 0 Å². The predicted octanol–water partition coefficient (Wildman–Crippen LogP) is 0.425. The molecule has 0 spiro atoms. The van der Waals surface area contributed by atoms with Crippen molar-refractivity contribution >= 4 is 21.9 Å². The molecule has 0 atom stereocenters. The summed E-state index contributed by atoms with van der Waals surface area (Å²) in [6.07, 6.45) is -0.0303. The number of nitrogens with zero attached hydrogens (tertiary/aromatic N) is 1. The summed E-state index contributed by atoms with van der Waals surface area (Å²) in [5.74, 6) is -3.06. The monoisotopic (exact) mass is 406 g/mol. The molecule has 1 amide bonds. The van der Waals surface area contributed by atoms with Gasteiger partial charge in [0.25, 0.3) is 5.91 Å². The Kier molecular flexibility index (Phi) is 7.63. The maximum atomic E-state index is 13.5. The maximum Gasteiger partial charge on any atom is 0.306 e. The number of morpholine rings is 1. The van der Waals surface area contributed by atoms with Crippen molar-refractivity contribution in [3.8, 4) is 0 Å². The molecular formula is C16H20F2N2O6S. The molecule has 0 unspecified atom stereocenters. The summed E-state index contributed by atoms with van der Waals surface area (Å²) in [6.45, 7) is 1.23. The van der Waals surface area contributed by atoms with Crippen LogP contribution in [0.15, 0.2) is 23.1 Å². The van der Waals surface area contributed by atoms with Crippen LogP contribution in [0.25, 0.3) is 0 Å². The summed E-state index contributed by atoms with van der Waals surface area (Å²) in [5.41, 5.74) is 0. The number of hydrogen-bond donors (Lipinski definition) is 1. The van der Waals surface area contributed by atoms with E-state index in [1.807, 2.05) is 0 Å². The van der Waals surface area contributed by atoms with Gasteiger partial charge in [0.15, 0.2) is 6.61 Å². The minimum atomic E-state index is -4.16. The Morgan fingerprint density at radius 2 is 1.93 bits per heavy atom. The molecule has 1 heterocycles. The van der Waals surface area contributed by atoms with Crippen LogP contribution < -0.4 is 4.72 Å². The first-order valence-corrected chi connectivity index (χ1v) is 9.74. The highest BCUT2D eigenvalue weighted by Crippen LogP contribution is 2.15. The molecule has 150 valence electrons. The Hall–Kier alpha value is -2.11. The number of halogens is 2.